The minimum atomic E-state index is -4.17. The fourth-order valence-corrected chi connectivity index (χ4v) is 2.46. The number of halogens is 5. The Morgan fingerprint density at radius 1 is 0.500 bits per heavy atom. The van der Waals surface area contributed by atoms with E-state index >= 15 is 0 Å². The van der Waals surface area contributed by atoms with Crippen LogP contribution in [0.5, 0.6) is 0 Å². The van der Waals surface area contributed by atoms with Crippen molar-refractivity contribution in [2.75, 3.05) is 0 Å². The first-order valence-corrected chi connectivity index (χ1v) is 8.51. The highest BCUT2D eigenvalue weighted by molar-refractivity contribution is 4.67. The van der Waals surface area contributed by atoms with Crippen molar-refractivity contribution >= 4 is 0 Å². The first-order chi connectivity index (χ1) is 10.3. The molecule has 0 unspecified atom stereocenters. The van der Waals surface area contributed by atoms with Crippen LogP contribution < -0.4 is 0 Å². The third-order valence-corrected chi connectivity index (χ3v) is 3.80. The van der Waals surface area contributed by atoms with Gasteiger partial charge in [0.1, 0.15) is 0 Å². The van der Waals surface area contributed by atoms with Crippen LogP contribution in [0.3, 0.4) is 0 Å². The Balaban J connectivity index is 3.45. The van der Waals surface area contributed by atoms with Crippen LogP contribution in [-0.4, -0.2) is 12.1 Å². The van der Waals surface area contributed by atoms with E-state index in [4.69, 9.17) is 0 Å². The SMILES string of the molecule is [CH2]CCCCCCCCCC(F)(F)CCCCCC(F)(F)F. The molecule has 22 heavy (non-hydrogen) atoms. The molecule has 0 atom stereocenters. The fraction of sp³-hybridized carbons (Fsp3) is 0.941. The first-order valence-electron chi connectivity index (χ1n) is 8.51. The Morgan fingerprint density at radius 3 is 1.32 bits per heavy atom. The van der Waals surface area contributed by atoms with Crippen molar-refractivity contribution in [2.24, 2.45) is 0 Å². The lowest BCUT2D eigenvalue weighted by molar-refractivity contribution is -0.135. The minimum Gasteiger partial charge on any atom is -0.207 e. The summed E-state index contributed by atoms with van der Waals surface area (Å²) in [5, 5.41) is 0. The molecule has 0 aliphatic rings. The molecule has 0 N–H and O–H groups in total. The molecule has 0 aliphatic carbocycles. The number of rotatable bonds is 14. The van der Waals surface area contributed by atoms with Crippen molar-refractivity contribution in [3.8, 4) is 0 Å². The molecule has 0 heterocycles. The van der Waals surface area contributed by atoms with Crippen LogP contribution in [-0.2, 0) is 0 Å². The molecule has 133 valence electrons. The zero-order valence-electron chi connectivity index (χ0n) is 13.5. The van der Waals surface area contributed by atoms with E-state index in [0.29, 0.717) is 6.42 Å². The highest BCUT2D eigenvalue weighted by Gasteiger charge is 2.28. The molecule has 0 saturated heterocycles. The summed E-state index contributed by atoms with van der Waals surface area (Å²) in [7, 11) is 0. The third-order valence-electron chi connectivity index (χ3n) is 3.80. The van der Waals surface area contributed by atoms with Crippen LogP contribution >= 0.6 is 0 Å². The summed E-state index contributed by atoms with van der Waals surface area (Å²) in [6.45, 7) is 3.77. The second-order valence-corrected chi connectivity index (χ2v) is 6.11. The van der Waals surface area contributed by atoms with Crippen LogP contribution in [0.1, 0.15) is 89.9 Å². The lowest BCUT2D eigenvalue weighted by Gasteiger charge is -2.16. The van der Waals surface area contributed by atoms with Gasteiger partial charge in [-0.15, -0.1) is 0 Å². The van der Waals surface area contributed by atoms with E-state index in [0.717, 1.165) is 44.9 Å². The topological polar surface area (TPSA) is 0 Å². The smallest absolute Gasteiger partial charge is 0.207 e. The van der Waals surface area contributed by atoms with Crippen molar-refractivity contribution in [1.82, 2.24) is 0 Å². The van der Waals surface area contributed by atoms with Gasteiger partial charge in [0.15, 0.2) is 0 Å². The van der Waals surface area contributed by atoms with E-state index < -0.39 is 18.5 Å². The predicted octanol–water partition coefficient (Wildman–Crippen LogP) is 7.48. The molecule has 0 aromatic heterocycles. The maximum Gasteiger partial charge on any atom is 0.389 e. The average Bonchev–Trinajstić information content (AvgIpc) is 2.40. The Morgan fingerprint density at radius 2 is 0.864 bits per heavy atom. The van der Waals surface area contributed by atoms with Crippen molar-refractivity contribution in [3.05, 3.63) is 6.92 Å². The van der Waals surface area contributed by atoms with Gasteiger partial charge in [-0.25, -0.2) is 8.78 Å². The van der Waals surface area contributed by atoms with Gasteiger partial charge in [0, 0.05) is 19.3 Å². The minimum absolute atomic E-state index is 0.0488. The second kappa shape index (κ2) is 12.1. The number of alkyl halides is 5. The van der Waals surface area contributed by atoms with E-state index in [1.807, 2.05) is 0 Å². The maximum atomic E-state index is 13.5. The largest absolute Gasteiger partial charge is 0.389 e. The standard InChI is InChI=1S/C17H30F5/c1-2-3-4-5-6-7-8-10-13-16(18,19)14-11-9-12-15-17(20,21)22/h1-15H2. The van der Waals surface area contributed by atoms with Crippen molar-refractivity contribution < 1.29 is 22.0 Å². The zero-order chi connectivity index (χ0) is 16.9. The summed E-state index contributed by atoms with van der Waals surface area (Å²) >= 11 is 0. The van der Waals surface area contributed by atoms with Gasteiger partial charge in [-0.1, -0.05) is 58.3 Å². The normalized spacial score (nSPS) is 12.8. The average molecular weight is 329 g/mol. The molecule has 5 heteroatoms. The Hall–Kier alpha value is -0.350. The number of hydrogen-bond donors (Lipinski definition) is 0. The van der Waals surface area contributed by atoms with Crippen molar-refractivity contribution in [1.29, 1.82) is 0 Å². The van der Waals surface area contributed by atoms with Gasteiger partial charge in [0.2, 0.25) is 5.92 Å². The van der Waals surface area contributed by atoms with E-state index in [1.54, 1.807) is 0 Å². The van der Waals surface area contributed by atoms with Crippen molar-refractivity contribution in [2.45, 2.75) is 102 Å². The number of hydrogen-bond acceptors (Lipinski definition) is 0. The molecule has 0 fully saturated rings. The molecule has 0 aliphatic heterocycles. The molecule has 1 radical (unpaired) electrons. The molecular weight excluding hydrogens is 299 g/mol. The fourth-order valence-electron chi connectivity index (χ4n) is 2.46. The predicted molar refractivity (Wildman–Crippen MR) is 81.0 cm³/mol. The second-order valence-electron chi connectivity index (χ2n) is 6.11. The van der Waals surface area contributed by atoms with Crippen LogP contribution in [0.2, 0.25) is 0 Å². The molecule has 0 nitrogen and oxygen atoms in total. The van der Waals surface area contributed by atoms with Gasteiger partial charge < -0.3 is 0 Å². The van der Waals surface area contributed by atoms with Gasteiger partial charge in [0.25, 0.3) is 0 Å². The van der Waals surface area contributed by atoms with E-state index in [-0.39, 0.29) is 32.1 Å². The summed E-state index contributed by atoms with van der Waals surface area (Å²) in [6, 6.07) is 0. The Kier molecular flexibility index (Phi) is 11.9. The molecule has 0 aromatic carbocycles. The Bertz CT molecular complexity index is 248. The summed E-state index contributed by atoms with van der Waals surface area (Å²) in [6.07, 6.45) is 2.68. The lowest BCUT2D eigenvalue weighted by Crippen LogP contribution is -2.15. The summed E-state index contributed by atoms with van der Waals surface area (Å²) in [5.74, 6) is -2.72. The molecule has 0 rings (SSSR count). The van der Waals surface area contributed by atoms with Crippen LogP contribution in [0.4, 0.5) is 22.0 Å². The quantitative estimate of drug-likeness (QED) is 0.229. The van der Waals surface area contributed by atoms with Crippen LogP contribution in [0, 0.1) is 6.92 Å². The van der Waals surface area contributed by atoms with E-state index in [9.17, 15) is 22.0 Å². The highest BCUT2D eigenvalue weighted by atomic mass is 19.4. The monoisotopic (exact) mass is 329 g/mol. The van der Waals surface area contributed by atoms with Crippen LogP contribution in [0.25, 0.3) is 0 Å². The zero-order valence-corrected chi connectivity index (χ0v) is 13.5. The van der Waals surface area contributed by atoms with Crippen LogP contribution in [0.15, 0.2) is 0 Å². The summed E-state index contributed by atoms with van der Waals surface area (Å²) in [4.78, 5) is 0. The van der Waals surface area contributed by atoms with Gasteiger partial charge in [-0.3, -0.25) is 0 Å². The van der Waals surface area contributed by atoms with E-state index in [1.165, 1.54) is 0 Å². The molecule has 0 saturated carbocycles. The maximum absolute atomic E-state index is 13.5. The summed E-state index contributed by atoms with van der Waals surface area (Å²) < 4.78 is 62.8. The van der Waals surface area contributed by atoms with Crippen molar-refractivity contribution in [3.63, 3.8) is 0 Å². The molecule has 0 spiro atoms. The van der Waals surface area contributed by atoms with Gasteiger partial charge in [0.05, 0.1) is 0 Å². The van der Waals surface area contributed by atoms with Gasteiger partial charge in [-0.05, 0) is 19.3 Å². The number of unbranched alkanes of at least 4 members (excludes halogenated alkanes) is 9. The van der Waals surface area contributed by atoms with E-state index in [2.05, 4.69) is 6.92 Å². The molecular formula is C17H30F5. The van der Waals surface area contributed by atoms with Gasteiger partial charge >= 0.3 is 6.18 Å². The molecule has 0 bridgehead atoms. The highest BCUT2D eigenvalue weighted by Crippen LogP contribution is 2.29. The first kappa shape index (κ1) is 21.6. The third kappa shape index (κ3) is 16.0. The lowest BCUT2D eigenvalue weighted by atomic mass is 10.0. The van der Waals surface area contributed by atoms with Gasteiger partial charge in [-0.2, -0.15) is 13.2 Å². The summed E-state index contributed by atoms with van der Waals surface area (Å²) in [5.41, 5.74) is 0. The molecule has 0 aromatic rings. The Labute approximate surface area is 131 Å². The molecule has 0 amide bonds.